The fourth-order valence-electron chi connectivity index (χ4n) is 2.14. The summed E-state index contributed by atoms with van der Waals surface area (Å²) in [6, 6.07) is 11.8. The van der Waals surface area contributed by atoms with E-state index in [0.29, 0.717) is 5.69 Å². The topological polar surface area (TPSA) is 55.4 Å². The zero-order valence-corrected chi connectivity index (χ0v) is 14.4. The van der Waals surface area contributed by atoms with Crippen molar-refractivity contribution in [2.45, 2.75) is 26.9 Å². The van der Waals surface area contributed by atoms with E-state index in [-0.39, 0.29) is 5.56 Å². The van der Waals surface area contributed by atoms with Crippen LogP contribution in [0.15, 0.2) is 48.5 Å². The fourth-order valence-corrected chi connectivity index (χ4v) is 2.14. The van der Waals surface area contributed by atoms with Crippen molar-refractivity contribution in [1.82, 2.24) is 0 Å². The number of nitrogens with one attached hydrogen (secondary N) is 1. The Kier molecular flexibility index (Phi) is 6.06. The highest BCUT2D eigenvalue weighted by molar-refractivity contribution is 5.97. The highest BCUT2D eigenvalue weighted by Crippen LogP contribution is 2.17. The molecule has 0 aliphatic carbocycles. The summed E-state index contributed by atoms with van der Waals surface area (Å²) in [4.78, 5) is 24.0. The van der Waals surface area contributed by atoms with Gasteiger partial charge in [-0.3, -0.25) is 4.79 Å². The molecule has 1 atom stereocenters. The molecular weight excluding hydrogens is 321 g/mol. The van der Waals surface area contributed by atoms with E-state index in [1.165, 1.54) is 25.1 Å². The molecule has 25 heavy (non-hydrogen) atoms. The molecule has 0 aliphatic heterocycles. The number of ether oxygens (including phenoxy) is 1. The average molecular weight is 341 g/mol. The van der Waals surface area contributed by atoms with Gasteiger partial charge in [0.25, 0.3) is 5.91 Å². The highest BCUT2D eigenvalue weighted by Gasteiger charge is 2.17. The van der Waals surface area contributed by atoms with E-state index in [0.717, 1.165) is 17.2 Å². The van der Waals surface area contributed by atoms with Crippen LogP contribution in [-0.4, -0.2) is 18.0 Å². The van der Waals surface area contributed by atoms with Gasteiger partial charge in [-0.15, -0.1) is 0 Å². The molecule has 2 rings (SSSR count). The minimum absolute atomic E-state index is 0.270. The number of aryl methyl sites for hydroxylation is 2. The first-order valence-corrected chi connectivity index (χ1v) is 7.88. The van der Waals surface area contributed by atoms with Crippen molar-refractivity contribution in [3.05, 3.63) is 71.0 Å². The zero-order valence-electron chi connectivity index (χ0n) is 14.4. The van der Waals surface area contributed by atoms with Gasteiger partial charge in [0.15, 0.2) is 6.10 Å². The van der Waals surface area contributed by atoms with Gasteiger partial charge in [-0.1, -0.05) is 30.3 Å². The monoisotopic (exact) mass is 341 g/mol. The molecule has 0 saturated carbocycles. The van der Waals surface area contributed by atoms with Gasteiger partial charge in [-0.25, -0.2) is 9.18 Å². The normalized spacial score (nSPS) is 12.0. The van der Waals surface area contributed by atoms with E-state index in [1.807, 2.05) is 32.0 Å². The van der Waals surface area contributed by atoms with E-state index in [4.69, 9.17) is 4.74 Å². The van der Waals surface area contributed by atoms with Crippen molar-refractivity contribution in [3.63, 3.8) is 0 Å². The Balaban J connectivity index is 1.95. The Labute approximate surface area is 146 Å². The molecule has 0 saturated heterocycles. The van der Waals surface area contributed by atoms with Crippen molar-refractivity contribution in [2.75, 3.05) is 5.32 Å². The molecule has 2 aromatic rings. The molecule has 1 N–H and O–H groups in total. The first-order chi connectivity index (χ1) is 11.9. The van der Waals surface area contributed by atoms with Crippen molar-refractivity contribution in [3.8, 4) is 0 Å². The van der Waals surface area contributed by atoms with Crippen LogP contribution >= 0.6 is 0 Å². The largest absolute Gasteiger partial charge is 0.449 e. The van der Waals surface area contributed by atoms with Crippen molar-refractivity contribution < 1.29 is 18.7 Å². The summed E-state index contributed by atoms with van der Waals surface area (Å²) in [5.74, 6) is -1.58. The molecule has 0 fully saturated rings. The lowest BCUT2D eigenvalue weighted by Crippen LogP contribution is -2.29. The third-order valence-corrected chi connectivity index (χ3v) is 3.62. The number of hydrogen-bond donors (Lipinski definition) is 1. The summed E-state index contributed by atoms with van der Waals surface area (Å²) in [6.07, 6.45) is 1.44. The average Bonchev–Trinajstić information content (AvgIpc) is 2.57. The van der Waals surface area contributed by atoms with Gasteiger partial charge in [0.2, 0.25) is 0 Å². The van der Waals surface area contributed by atoms with Crippen LogP contribution in [0.25, 0.3) is 6.08 Å². The number of rotatable bonds is 5. The molecule has 0 spiro atoms. The SMILES string of the molecule is Cc1ccc(C)c(NC(=O)[C@@H](C)OC(=O)/C=C/c2ccccc2F)c1. The highest BCUT2D eigenvalue weighted by atomic mass is 19.1. The molecule has 130 valence electrons. The number of halogens is 1. The number of benzene rings is 2. The van der Waals surface area contributed by atoms with E-state index >= 15 is 0 Å². The predicted octanol–water partition coefficient (Wildman–Crippen LogP) is 4.03. The number of amides is 1. The van der Waals surface area contributed by atoms with Crippen molar-refractivity contribution in [1.29, 1.82) is 0 Å². The second-order valence-corrected chi connectivity index (χ2v) is 5.74. The smallest absolute Gasteiger partial charge is 0.331 e. The zero-order chi connectivity index (χ0) is 18.4. The molecule has 0 unspecified atom stereocenters. The molecule has 0 aliphatic rings. The fraction of sp³-hybridized carbons (Fsp3) is 0.200. The predicted molar refractivity (Wildman–Crippen MR) is 95.5 cm³/mol. The van der Waals surface area contributed by atoms with Crippen LogP contribution in [0, 0.1) is 19.7 Å². The number of carbonyl (C=O) groups is 2. The maximum Gasteiger partial charge on any atom is 0.331 e. The van der Waals surface area contributed by atoms with Crippen molar-refractivity contribution in [2.24, 2.45) is 0 Å². The molecule has 5 heteroatoms. The summed E-state index contributed by atoms with van der Waals surface area (Å²) in [6.45, 7) is 5.28. The molecule has 4 nitrogen and oxygen atoms in total. The van der Waals surface area contributed by atoms with Crippen LogP contribution in [0.1, 0.15) is 23.6 Å². The van der Waals surface area contributed by atoms with Crippen LogP contribution in [0.5, 0.6) is 0 Å². The second-order valence-electron chi connectivity index (χ2n) is 5.74. The quantitative estimate of drug-likeness (QED) is 0.660. The van der Waals surface area contributed by atoms with Crippen LogP contribution in [0.4, 0.5) is 10.1 Å². The van der Waals surface area contributed by atoms with Gasteiger partial charge in [0.1, 0.15) is 5.82 Å². The molecule has 0 bridgehead atoms. The summed E-state index contributed by atoms with van der Waals surface area (Å²) < 4.78 is 18.5. The lowest BCUT2D eigenvalue weighted by atomic mass is 10.1. The lowest BCUT2D eigenvalue weighted by molar-refractivity contribution is -0.148. The van der Waals surface area contributed by atoms with Crippen LogP contribution in [0.3, 0.4) is 0 Å². The third kappa shape index (κ3) is 5.28. The standard InChI is InChI=1S/C20H20FNO3/c1-13-8-9-14(2)18(12-13)22-20(24)15(3)25-19(23)11-10-16-6-4-5-7-17(16)21/h4-12,15H,1-3H3,(H,22,24)/b11-10+/t15-/m1/s1. The molecule has 2 aromatic carbocycles. The maximum absolute atomic E-state index is 13.5. The number of carbonyl (C=O) groups excluding carboxylic acids is 2. The van der Waals surface area contributed by atoms with Crippen LogP contribution in [-0.2, 0) is 14.3 Å². The molecule has 1 amide bonds. The van der Waals surface area contributed by atoms with Gasteiger partial charge in [-0.2, -0.15) is 0 Å². The van der Waals surface area contributed by atoms with Gasteiger partial charge in [-0.05, 0) is 50.1 Å². The third-order valence-electron chi connectivity index (χ3n) is 3.62. The molecular formula is C20H20FNO3. The summed E-state index contributed by atoms with van der Waals surface area (Å²) >= 11 is 0. The van der Waals surface area contributed by atoms with E-state index in [9.17, 15) is 14.0 Å². The summed E-state index contributed by atoms with van der Waals surface area (Å²) in [5, 5.41) is 2.74. The molecule has 0 heterocycles. The first kappa shape index (κ1) is 18.4. The minimum Gasteiger partial charge on any atom is -0.449 e. The Morgan fingerprint density at radius 2 is 1.88 bits per heavy atom. The second kappa shape index (κ2) is 8.24. The van der Waals surface area contributed by atoms with Gasteiger partial charge >= 0.3 is 5.97 Å². The van der Waals surface area contributed by atoms with E-state index in [2.05, 4.69) is 5.32 Å². The van der Waals surface area contributed by atoms with Gasteiger partial charge in [0.05, 0.1) is 0 Å². The van der Waals surface area contributed by atoms with Gasteiger partial charge < -0.3 is 10.1 Å². The Hall–Kier alpha value is -2.95. The number of esters is 1. The Morgan fingerprint density at radius 3 is 2.60 bits per heavy atom. The van der Waals surface area contributed by atoms with Crippen molar-refractivity contribution >= 4 is 23.6 Å². The van der Waals surface area contributed by atoms with Gasteiger partial charge in [0, 0.05) is 17.3 Å². The number of hydrogen-bond acceptors (Lipinski definition) is 3. The van der Waals surface area contributed by atoms with E-state index in [1.54, 1.807) is 12.1 Å². The van der Waals surface area contributed by atoms with E-state index < -0.39 is 23.8 Å². The molecule has 0 aromatic heterocycles. The maximum atomic E-state index is 13.5. The van der Waals surface area contributed by atoms with Crippen LogP contribution in [0.2, 0.25) is 0 Å². The summed E-state index contributed by atoms with van der Waals surface area (Å²) in [5.41, 5.74) is 2.87. The Bertz CT molecular complexity index is 814. The number of anilines is 1. The summed E-state index contributed by atoms with van der Waals surface area (Å²) in [7, 11) is 0. The Morgan fingerprint density at radius 1 is 1.16 bits per heavy atom. The molecule has 0 radical (unpaired) electrons. The first-order valence-electron chi connectivity index (χ1n) is 7.88. The minimum atomic E-state index is -0.974. The van der Waals surface area contributed by atoms with Crippen LogP contribution < -0.4 is 5.32 Å². The lowest BCUT2D eigenvalue weighted by Gasteiger charge is -2.14.